The molecule has 3 aromatic rings. The molecule has 1 heterocycles. The minimum Gasteiger partial charge on any atom is -0.487 e. The molecular formula is C18H15FN2O3. The number of nitrogens with zero attached hydrogens (tertiary/aromatic N) is 1. The Morgan fingerprint density at radius 2 is 1.92 bits per heavy atom. The standard InChI is InChI=1S/C18H15FN2O3/c19-14-5-1-3-12(9-14)11-24-15-6-2-4-13-7-8-17(23)21(18(13)15)10-16(20)22/h1-9H,10-11H2,(H2,20,22). The molecule has 0 saturated heterocycles. The van der Waals surface area contributed by atoms with Crippen LogP contribution >= 0.6 is 0 Å². The van der Waals surface area contributed by atoms with Gasteiger partial charge in [-0.05, 0) is 29.8 Å². The molecule has 0 unspecified atom stereocenters. The fraction of sp³-hybridized carbons (Fsp3) is 0.111. The molecule has 0 bridgehead atoms. The molecule has 0 aliphatic rings. The summed E-state index contributed by atoms with van der Waals surface area (Å²) in [7, 11) is 0. The molecule has 0 aliphatic carbocycles. The first-order valence-electron chi connectivity index (χ1n) is 7.33. The molecule has 0 aliphatic heterocycles. The van der Waals surface area contributed by atoms with Gasteiger partial charge in [-0.25, -0.2) is 4.39 Å². The van der Waals surface area contributed by atoms with Crippen LogP contribution in [-0.4, -0.2) is 10.5 Å². The molecule has 2 N–H and O–H groups in total. The molecule has 0 saturated carbocycles. The normalized spacial score (nSPS) is 10.7. The number of hydrogen-bond donors (Lipinski definition) is 1. The third kappa shape index (κ3) is 3.27. The van der Waals surface area contributed by atoms with Gasteiger partial charge in [0, 0.05) is 11.5 Å². The minimum absolute atomic E-state index is 0.135. The maximum atomic E-state index is 13.3. The summed E-state index contributed by atoms with van der Waals surface area (Å²) in [5.74, 6) is -0.542. The van der Waals surface area contributed by atoms with Crippen molar-refractivity contribution in [2.45, 2.75) is 13.2 Å². The molecule has 122 valence electrons. The van der Waals surface area contributed by atoms with Crippen LogP contribution in [0.25, 0.3) is 10.9 Å². The lowest BCUT2D eigenvalue weighted by Gasteiger charge is -2.14. The van der Waals surface area contributed by atoms with Crippen LogP contribution in [-0.2, 0) is 17.9 Å². The third-order valence-corrected chi connectivity index (χ3v) is 3.57. The second-order valence-corrected chi connectivity index (χ2v) is 5.34. The zero-order chi connectivity index (χ0) is 17.1. The van der Waals surface area contributed by atoms with Crippen LogP contribution in [0.15, 0.2) is 59.4 Å². The Balaban J connectivity index is 2.02. The van der Waals surface area contributed by atoms with E-state index in [1.807, 2.05) is 0 Å². The first kappa shape index (κ1) is 15.7. The van der Waals surface area contributed by atoms with E-state index in [1.54, 1.807) is 36.4 Å². The van der Waals surface area contributed by atoms with E-state index in [9.17, 15) is 14.0 Å². The maximum absolute atomic E-state index is 13.3. The van der Waals surface area contributed by atoms with Crippen molar-refractivity contribution < 1.29 is 13.9 Å². The van der Waals surface area contributed by atoms with Gasteiger partial charge in [-0.2, -0.15) is 0 Å². The second-order valence-electron chi connectivity index (χ2n) is 5.34. The number of hydrogen-bond acceptors (Lipinski definition) is 3. The smallest absolute Gasteiger partial charge is 0.251 e. The summed E-state index contributed by atoms with van der Waals surface area (Å²) in [4.78, 5) is 23.4. The molecule has 5 nitrogen and oxygen atoms in total. The van der Waals surface area contributed by atoms with Gasteiger partial charge in [-0.15, -0.1) is 0 Å². The quantitative estimate of drug-likeness (QED) is 0.781. The Morgan fingerprint density at radius 3 is 2.67 bits per heavy atom. The topological polar surface area (TPSA) is 74.3 Å². The number of benzene rings is 2. The number of ether oxygens (including phenoxy) is 1. The van der Waals surface area contributed by atoms with Crippen LogP contribution in [0, 0.1) is 5.82 Å². The average molecular weight is 326 g/mol. The highest BCUT2D eigenvalue weighted by Gasteiger charge is 2.11. The Kier molecular flexibility index (Phi) is 4.29. The van der Waals surface area contributed by atoms with E-state index < -0.39 is 5.91 Å². The molecule has 0 atom stereocenters. The summed E-state index contributed by atoms with van der Waals surface area (Å²) in [5.41, 5.74) is 6.04. The van der Waals surface area contributed by atoms with Crippen molar-refractivity contribution in [1.29, 1.82) is 0 Å². The van der Waals surface area contributed by atoms with Gasteiger partial charge in [0.05, 0.1) is 5.52 Å². The summed E-state index contributed by atoms with van der Waals surface area (Å²) in [6.45, 7) is -0.104. The number of para-hydroxylation sites is 1. The monoisotopic (exact) mass is 326 g/mol. The molecule has 2 aromatic carbocycles. The summed E-state index contributed by atoms with van der Waals surface area (Å²) >= 11 is 0. The fourth-order valence-electron chi connectivity index (χ4n) is 2.54. The number of nitrogens with two attached hydrogens (primary N) is 1. The number of pyridine rings is 1. The first-order chi connectivity index (χ1) is 11.5. The van der Waals surface area contributed by atoms with Crippen LogP contribution in [0.4, 0.5) is 4.39 Å². The van der Waals surface area contributed by atoms with Gasteiger partial charge in [0.25, 0.3) is 5.56 Å². The Hall–Kier alpha value is -3.15. The minimum atomic E-state index is -0.621. The van der Waals surface area contributed by atoms with Gasteiger partial charge in [0.15, 0.2) is 0 Å². The highest BCUT2D eigenvalue weighted by atomic mass is 19.1. The predicted octanol–water partition coefficient (Wildman–Crippen LogP) is 2.20. The largest absolute Gasteiger partial charge is 0.487 e. The first-order valence-corrected chi connectivity index (χ1v) is 7.33. The van der Waals surface area contributed by atoms with Crippen LogP contribution in [0.3, 0.4) is 0 Å². The van der Waals surface area contributed by atoms with E-state index >= 15 is 0 Å². The van der Waals surface area contributed by atoms with Crippen molar-refractivity contribution >= 4 is 16.8 Å². The number of primary amides is 1. The van der Waals surface area contributed by atoms with E-state index in [0.717, 1.165) is 5.39 Å². The maximum Gasteiger partial charge on any atom is 0.251 e. The van der Waals surface area contributed by atoms with Crippen molar-refractivity contribution in [3.8, 4) is 5.75 Å². The zero-order valence-corrected chi connectivity index (χ0v) is 12.7. The Morgan fingerprint density at radius 1 is 1.12 bits per heavy atom. The van der Waals surface area contributed by atoms with Crippen LogP contribution in [0.5, 0.6) is 5.75 Å². The lowest BCUT2D eigenvalue weighted by molar-refractivity contribution is -0.118. The second kappa shape index (κ2) is 6.54. The van der Waals surface area contributed by atoms with Crippen molar-refractivity contribution in [3.05, 3.63) is 76.3 Å². The number of aromatic nitrogens is 1. The van der Waals surface area contributed by atoms with Crippen LogP contribution in [0.2, 0.25) is 0 Å². The fourth-order valence-corrected chi connectivity index (χ4v) is 2.54. The summed E-state index contributed by atoms with van der Waals surface area (Å²) < 4.78 is 20.3. The van der Waals surface area contributed by atoms with Crippen molar-refractivity contribution in [1.82, 2.24) is 4.57 Å². The molecular weight excluding hydrogens is 311 g/mol. The van der Waals surface area contributed by atoms with Gasteiger partial charge in [0.2, 0.25) is 5.91 Å². The number of fused-ring (bicyclic) bond motifs is 1. The molecule has 0 spiro atoms. The zero-order valence-electron chi connectivity index (χ0n) is 12.7. The number of carbonyl (C=O) groups is 1. The Bertz CT molecular complexity index is 966. The summed E-state index contributed by atoms with van der Waals surface area (Å²) in [6, 6.07) is 14.4. The van der Waals surface area contributed by atoms with Gasteiger partial charge in [0.1, 0.15) is 24.7 Å². The van der Waals surface area contributed by atoms with Gasteiger partial charge in [-0.3, -0.25) is 14.2 Å². The van der Waals surface area contributed by atoms with Crippen LogP contribution < -0.4 is 16.0 Å². The van der Waals surface area contributed by atoms with Gasteiger partial charge >= 0.3 is 0 Å². The number of rotatable bonds is 5. The molecule has 24 heavy (non-hydrogen) atoms. The molecule has 1 amide bonds. The van der Waals surface area contributed by atoms with E-state index in [-0.39, 0.29) is 24.5 Å². The summed E-state index contributed by atoms with van der Waals surface area (Å²) in [6.07, 6.45) is 0. The van der Waals surface area contributed by atoms with E-state index in [2.05, 4.69) is 0 Å². The molecule has 0 radical (unpaired) electrons. The number of halogens is 1. The average Bonchev–Trinajstić information content (AvgIpc) is 2.55. The van der Waals surface area contributed by atoms with E-state index in [4.69, 9.17) is 10.5 Å². The molecule has 1 aromatic heterocycles. The summed E-state index contributed by atoms with van der Waals surface area (Å²) in [5, 5.41) is 0.743. The highest BCUT2D eigenvalue weighted by molar-refractivity contribution is 5.86. The van der Waals surface area contributed by atoms with Gasteiger partial charge < -0.3 is 10.5 Å². The lowest BCUT2D eigenvalue weighted by Crippen LogP contribution is -2.27. The van der Waals surface area contributed by atoms with Crippen LogP contribution in [0.1, 0.15) is 5.56 Å². The number of carbonyl (C=O) groups excluding carboxylic acids is 1. The lowest BCUT2D eigenvalue weighted by atomic mass is 10.2. The molecule has 6 heteroatoms. The third-order valence-electron chi connectivity index (χ3n) is 3.57. The number of amides is 1. The van der Waals surface area contributed by atoms with E-state index in [1.165, 1.54) is 22.8 Å². The van der Waals surface area contributed by atoms with E-state index in [0.29, 0.717) is 16.8 Å². The molecule has 3 rings (SSSR count). The molecule has 0 fully saturated rings. The predicted molar refractivity (Wildman–Crippen MR) is 88.1 cm³/mol. The van der Waals surface area contributed by atoms with Gasteiger partial charge in [-0.1, -0.05) is 24.3 Å². The highest BCUT2D eigenvalue weighted by Crippen LogP contribution is 2.25. The van der Waals surface area contributed by atoms with Crippen molar-refractivity contribution in [2.24, 2.45) is 5.73 Å². The Labute approximate surface area is 137 Å². The van der Waals surface area contributed by atoms with Crippen molar-refractivity contribution in [2.75, 3.05) is 0 Å². The SMILES string of the molecule is NC(=O)Cn1c(=O)ccc2cccc(OCc3cccc(F)c3)c21. The van der Waals surface area contributed by atoms with Crippen molar-refractivity contribution in [3.63, 3.8) is 0 Å².